The number of aliphatic hydroxyl groups is 1. The van der Waals surface area contributed by atoms with Gasteiger partial charge in [-0.15, -0.1) is 0 Å². The van der Waals surface area contributed by atoms with Crippen LogP contribution < -0.4 is 0 Å². The van der Waals surface area contributed by atoms with Gasteiger partial charge < -0.3 is 5.11 Å². The van der Waals surface area contributed by atoms with Gasteiger partial charge in [0.25, 0.3) is 0 Å². The van der Waals surface area contributed by atoms with Crippen LogP contribution in [-0.2, 0) is 0 Å². The molecule has 0 saturated heterocycles. The summed E-state index contributed by atoms with van der Waals surface area (Å²) in [6.07, 6.45) is -1.32. The summed E-state index contributed by atoms with van der Waals surface area (Å²) >= 11 is 3.06. The number of aliphatic hydroxyl groups excluding tert-OH is 1. The van der Waals surface area contributed by atoms with E-state index in [1.165, 1.54) is 18.2 Å². The van der Waals surface area contributed by atoms with Gasteiger partial charge in [-0.05, 0) is 53.0 Å². The summed E-state index contributed by atoms with van der Waals surface area (Å²) in [6, 6.07) is 7.68. The molecule has 2 aromatic rings. The van der Waals surface area contributed by atoms with E-state index in [0.717, 1.165) is 5.56 Å². The molecule has 0 saturated carbocycles. The van der Waals surface area contributed by atoms with Crippen LogP contribution in [0.3, 0.4) is 0 Å². The number of benzene rings is 2. The standard InChI is InChI=1S/C15H13BrF2O/c1-8-6-9(2)13(12(17)7-8)15(19)10-4-3-5-11(16)14(10)18/h3-7,15,19H,1-2H3. The minimum absolute atomic E-state index is 0.0558. The van der Waals surface area contributed by atoms with Gasteiger partial charge >= 0.3 is 0 Å². The second kappa shape index (κ2) is 5.39. The Kier molecular flexibility index (Phi) is 4.02. The van der Waals surface area contributed by atoms with E-state index in [1.54, 1.807) is 26.0 Å². The molecule has 2 rings (SSSR count). The van der Waals surface area contributed by atoms with Crippen LogP contribution in [0.15, 0.2) is 34.8 Å². The van der Waals surface area contributed by atoms with Crippen molar-refractivity contribution in [1.29, 1.82) is 0 Å². The third-order valence-corrected chi connectivity index (χ3v) is 3.64. The van der Waals surface area contributed by atoms with Crippen LogP contribution in [0.1, 0.15) is 28.4 Å². The number of hydrogen-bond acceptors (Lipinski definition) is 1. The topological polar surface area (TPSA) is 20.2 Å². The molecule has 100 valence electrons. The quantitative estimate of drug-likeness (QED) is 0.865. The zero-order chi connectivity index (χ0) is 14.2. The molecule has 0 aliphatic rings. The number of halogens is 3. The zero-order valence-electron chi connectivity index (χ0n) is 10.5. The first kappa shape index (κ1) is 14.2. The maximum absolute atomic E-state index is 14.0. The lowest BCUT2D eigenvalue weighted by atomic mass is 9.95. The normalized spacial score (nSPS) is 12.5. The lowest BCUT2D eigenvalue weighted by Gasteiger charge is -2.17. The van der Waals surface area contributed by atoms with E-state index in [0.29, 0.717) is 5.56 Å². The Balaban J connectivity index is 2.56. The van der Waals surface area contributed by atoms with Crippen LogP contribution in [0.25, 0.3) is 0 Å². The van der Waals surface area contributed by atoms with Crippen LogP contribution in [0.2, 0.25) is 0 Å². The van der Waals surface area contributed by atoms with Crippen molar-refractivity contribution in [2.24, 2.45) is 0 Å². The van der Waals surface area contributed by atoms with Crippen molar-refractivity contribution in [1.82, 2.24) is 0 Å². The fraction of sp³-hybridized carbons (Fsp3) is 0.200. The van der Waals surface area contributed by atoms with Crippen molar-refractivity contribution in [3.05, 3.63) is 68.7 Å². The molecule has 1 unspecified atom stereocenters. The van der Waals surface area contributed by atoms with E-state index < -0.39 is 17.7 Å². The van der Waals surface area contributed by atoms with Gasteiger partial charge in [0.2, 0.25) is 0 Å². The number of hydrogen-bond donors (Lipinski definition) is 1. The monoisotopic (exact) mass is 326 g/mol. The van der Waals surface area contributed by atoms with Crippen molar-refractivity contribution in [3.63, 3.8) is 0 Å². The molecule has 19 heavy (non-hydrogen) atoms. The van der Waals surface area contributed by atoms with Crippen LogP contribution in [0.4, 0.5) is 8.78 Å². The summed E-state index contributed by atoms with van der Waals surface area (Å²) in [4.78, 5) is 0. The van der Waals surface area contributed by atoms with Gasteiger partial charge in [-0.3, -0.25) is 0 Å². The van der Waals surface area contributed by atoms with E-state index in [4.69, 9.17) is 0 Å². The van der Waals surface area contributed by atoms with Crippen molar-refractivity contribution >= 4 is 15.9 Å². The van der Waals surface area contributed by atoms with Crippen molar-refractivity contribution in [2.75, 3.05) is 0 Å². The van der Waals surface area contributed by atoms with Crippen LogP contribution in [0, 0.1) is 25.5 Å². The van der Waals surface area contributed by atoms with Crippen molar-refractivity contribution in [3.8, 4) is 0 Å². The Bertz CT molecular complexity index is 603. The molecule has 0 aromatic heterocycles. The summed E-state index contributed by atoms with van der Waals surface area (Å²) in [6.45, 7) is 3.47. The predicted octanol–water partition coefficient (Wildman–Crippen LogP) is 4.43. The Morgan fingerprint density at radius 1 is 1.16 bits per heavy atom. The van der Waals surface area contributed by atoms with Crippen molar-refractivity contribution < 1.29 is 13.9 Å². The molecule has 0 aliphatic carbocycles. The summed E-state index contributed by atoms with van der Waals surface area (Å²) in [5.41, 5.74) is 1.54. The van der Waals surface area contributed by atoms with Crippen molar-refractivity contribution in [2.45, 2.75) is 20.0 Å². The molecule has 4 heteroatoms. The van der Waals surface area contributed by atoms with Gasteiger partial charge in [-0.1, -0.05) is 18.2 Å². The summed E-state index contributed by atoms with van der Waals surface area (Å²) < 4.78 is 28.2. The molecule has 1 atom stereocenters. The van der Waals surface area contributed by atoms with Gasteiger partial charge in [0.05, 0.1) is 4.47 Å². The lowest BCUT2D eigenvalue weighted by molar-refractivity contribution is 0.208. The summed E-state index contributed by atoms with van der Waals surface area (Å²) in [5, 5.41) is 10.2. The van der Waals surface area contributed by atoms with E-state index in [2.05, 4.69) is 15.9 Å². The maximum Gasteiger partial charge on any atom is 0.143 e. The first-order chi connectivity index (χ1) is 8.91. The van der Waals surface area contributed by atoms with E-state index in [1.807, 2.05) is 0 Å². The van der Waals surface area contributed by atoms with Gasteiger partial charge in [0, 0.05) is 11.1 Å². The van der Waals surface area contributed by atoms with E-state index in [9.17, 15) is 13.9 Å². The molecular formula is C15H13BrF2O. The summed E-state index contributed by atoms with van der Waals surface area (Å²) in [7, 11) is 0. The molecule has 0 radical (unpaired) electrons. The molecule has 0 heterocycles. The van der Waals surface area contributed by atoms with Gasteiger partial charge in [-0.25, -0.2) is 8.78 Å². The third-order valence-electron chi connectivity index (χ3n) is 3.03. The largest absolute Gasteiger partial charge is 0.383 e. The molecule has 0 aliphatic heterocycles. The first-order valence-corrected chi connectivity index (χ1v) is 6.59. The Hall–Kier alpha value is -1.26. The first-order valence-electron chi connectivity index (χ1n) is 5.80. The maximum atomic E-state index is 14.0. The zero-order valence-corrected chi connectivity index (χ0v) is 12.1. The van der Waals surface area contributed by atoms with Gasteiger partial charge in [0.15, 0.2) is 0 Å². The van der Waals surface area contributed by atoms with E-state index >= 15 is 0 Å². The Morgan fingerprint density at radius 3 is 2.47 bits per heavy atom. The molecule has 0 amide bonds. The van der Waals surface area contributed by atoms with Crippen LogP contribution in [0.5, 0.6) is 0 Å². The Morgan fingerprint density at radius 2 is 1.84 bits per heavy atom. The highest BCUT2D eigenvalue weighted by Crippen LogP contribution is 2.31. The molecular weight excluding hydrogens is 314 g/mol. The highest BCUT2D eigenvalue weighted by atomic mass is 79.9. The predicted molar refractivity (Wildman–Crippen MR) is 74.0 cm³/mol. The molecule has 0 spiro atoms. The smallest absolute Gasteiger partial charge is 0.143 e. The highest BCUT2D eigenvalue weighted by Gasteiger charge is 2.21. The minimum atomic E-state index is -1.32. The average molecular weight is 327 g/mol. The lowest BCUT2D eigenvalue weighted by Crippen LogP contribution is -2.08. The second-order valence-electron chi connectivity index (χ2n) is 4.52. The second-order valence-corrected chi connectivity index (χ2v) is 5.38. The number of rotatable bonds is 2. The van der Waals surface area contributed by atoms with Gasteiger partial charge in [-0.2, -0.15) is 0 Å². The minimum Gasteiger partial charge on any atom is -0.383 e. The molecule has 2 aromatic carbocycles. The molecule has 0 bridgehead atoms. The summed E-state index contributed by atoms with van der Waals surface area (Å²) in [5.74, 6) is -1.10. The molecule has 1 N–H and O–H groups in total. The fourth-order valence-corrected chi connectivity index (χ4v) is 2.54. The third kappa shape index (κ3) is 2.69. The fourth-order valence-electron chi connectivity index (χ4n) is 2.16. The molecule has 1 nitrogen and oxygen atoms in total. The van der Waals surface area contributed by atoms with Crippen LogP contribution in [-0.4, -0.2) is 5.11 Å². The average Bonchev–Trinajstić information content (AvgIpc) is 2.31. The number of aryl methyl sites for hydroxylation is 2. The highest BCUT2D eigenvalue weighted by molar-refractivity contribution is 9.10. The SMILES string of the molecule is Cc1cc(C)c(C(O)c2cccc(Br)c2F)c(F)c1. The Labute approximate surface area is 119 Å². The molecule has 0 fully saturated rings. The van der Waals surface area contributed by atoms with Gasteiger partial charge in [0.1, 0.15) is 17.7 Å². The van der Waals surface area contributed by atoms with E-state index in [-0.39, 0.29) is 15.6 Å². The van der Waals surface area contributed by atoms with Crippen LogP contribution >= 0.6 is 15.9 Å².